The number of rotatable bonds is 3. The molecule has 2 aromatic heterocycles. The van der Waals surface area contributed by atoms with Crippen molar-refractivity contribution in [1.82, 2.24) is 0 Å². The minimum atomic E-state index is -1.66. The van der Waals surface area contributed by atoms with E-state index in [2.05, 4.69) is 0 Å². The zero-order valence-corrected chi connectivity index (χ0v) is 12.7. The molecule has 1 aliphatic carbocycles. The Labute approximate surface area is 133 Å². The largest absolute Gasteiger partial charge is 0.457 e. The van der Waals surface area contributed by atoms with Crippen molar-refractivity contribution in [2.24, 2.45) is 0 Å². The van der Waals surface area contributed by atoms with E-state index in [0.29, 0.717) is 5.58 Å². The van der Waals surface area contributed by atoms with Gasteiger partial charge in [-0.3, -0.25) is 4.79 Å². The molecule has 0 fully saturated rings. The van der Waals surface area contributed by atoms with E-state index < -0.39 is 11.0 Å². The monoisotopic (exact) mass is 304 g/mol. The highest BCUT2D eigenvalue weighted by Crippen LogP contribution is 2.49. The molecule has 1 N–H and O–H groups in total. The number of aliphatic hydroxyl groups is 1. The van der Waals surface area contributed by atoms with Crippen LogP contribution in [0.15, 0.2) is 77.3 Å². The Hall–Kier alpha value is -2.65. The Morgan fingerprint density at radius 3 is 2.39 bits per heavy atom. The van der Waals surface area contributed by atoms with Crippen LogP contribution in [0.3, 0.4) is 0 Å². The molecule has 2 atom stereocenters. The van der Waals surface area contributed by atoms with Gasteiger partial charge in [0.25, 0.3) is 0 Å². The van der Waals surface area contributed by atoms with Gasteiger partial charge in [0.05, 0.1) is 5.41 Å². The highest BCUT2D eigenvalue weighted by atomic mass is 16.3. The minimum absolute atomic E-state index is 0.305. The number of Topliss-reactive ketones (excluding diaryl/α,β-unsaturated/α-hetero) is 1. The topological polar surface area (TPSA) is 50.4 Å². The molecular weight excluding hydrogens is 288 g/mol. The van der Waals surface area contributed by atoms with Crippen molar-refractivity contribution in [3.8, 4) is 0 Å². The van der Waals surface area contributed by atoms with Crippen LogP contribution in [0.2, 0.25) is 0 Å². The third-order valence-corrected chi connectivity index (χ3v) is 4.77. The first-order valence-electron chi connectivity index (χ1n) is 7.56. The predicted molar refractivity (Wildman–Crippen MR) is 88.5 cm³/mol. The molecule has 1 aromatic carbocycles. The van der Waals surface area contributed by atoms with Crippen LogP contribution in [-0.2, 0) is 10.2 Å². The van der Waals surface area contributed by atoms with Gasteiger partial charge in [0.2, 0.25) is 0 Å². The lowest BCUT2D eigenvalue weighted by atomic mass is 9.60. The molecular formula is C20H16O3. The van der Waals surface area contributed by atoms with E-state index in [1.54, 1.807) is 12.2 Å². The maximum absolute atomic E-state index is 12.4. The van der Waals surface area contributed by atoms with Gasteiger partial charge in [0, 0.05) is 5.56 Å². The first-order valence-corrected chi connectivity index (χ1v) is 7.56. The van der Waals surface area contributed by atoms with Gasteiger partial charge in [-0.2, -0.15) is 0 Å². The van der Waals surface area contributed by atoms with Crippen molar-refractivity contribution in [3.63, 3.8) is 0 Å². The first-order chi connectivity index (χ1) is 11.1. The number of fused-ring (bicyclic) bond motifs is 2. The smallest absolute Gasteiger partial charge is 0.166 e. The van der Waals surface area contributed by atoms with E-state index in [0.717, 1.165) is 16.7 Å². The predicted octanol–water partition coefficient (Wildman–Crippen LogP) is 3.60. The normalized spacial score (nSPS) is 26.9. The summed E-state index contributed by atoms with van der Waals surface area (Å²) in [6, 6.07) is 15.3. The molecule has 114 valence electrons. The summed E-state index contributed by atoms with van der Waals surface area (Å²) in [6.45, 7) is 1.42. The van der Waals surface area contributed by atoms with Crippen molar-refractivity contribution < 1.29 is 14.3 Å². The molecule has 23 heavy (non-hydrogen) atoms. The fourth-order valence-corrected chi connectivity index (χ4v) is 3.61. The zero-order chi connectivity index (χ0) is 16.1. The average molecular weight is 304 g/mol. The number of benzene rings is 2. The number of furan rings is 2. The SMILES string of the molecule is CC(=O)[C@@]1(O)C=CC=C[C@]1(c1ccccc1)c1cc2ccc1o2. The van der Waals surface area contributed by atoms with Gasteiger partial charge >= 0.3 is 0 Å². The van der Waals surface area contributed by atoms with Crippen LogP contribution in [0.5, 0.6) is 0 Å². The molecule has 0 aliphatic heterocycles. The molecule has 3 nitrogen and oxygen atoms in total. The van der Waals surface area contributed by atoms with Crippen LogP contribution < -0.4 is 0 Å². The van der Waals surface area contributed by atoms with Crippen LogP contribution in [0, 0.1) is 0 Å². The van der Waals surface area contributed by atoms with Crippen LogP contribution in [0.4, 0.5) is 0 Å². The lowest BCUT2D eigenvalue weighted by molar-refractivity contribution is -0.134. The number of hydrogen-bond acceptors (Lipinski definition) is 3. The van der Waals surface area contributed by atoms with Gasteiger partial charge in [-0.15, -0.1) is 0 Å². The Balaban J connectivity index is 2.09. The molecule has 0 amide bonds. The molecule has 0 spiro atoms. The number of carbonyl (C=O) groups excluding carboxylic acids is 1. The summed E-state index contributed by atoms with van der Waals surface area (Å²) < 4.78 is 5.71. The molecule has 0 saturated carbocycles. The number of carbonyl (C=O) groups is 1. The van der Waals surface area contributed by atoms with E-state index in [1.165, 1.54) is 6.92 Å². The first kappa shape index (κ1) is 14.0. The van der Waals surface area contributed by atoms with Crippen molar-refractivity contribution in [1.29, 1.82) is 0 Å². The third-order valence-electron chi connectivity index (χ3n) is 4.77. The fraction of sp³-hybridized carbons (Fsp3) is 0.150. The summed E-state index contributed by atoms with van der Waals surface area (Å²) in [4.78, 5) is 12.4. The summed E-state index contributed by atoms with van der Waals surface area (Å²) in [5.41, 5.74) is 0.408. The molecule has 2 bridgehead atoms. The molecule has 3 heteroatoms. The van der Waals surface area contributed by atoms with Gasteiger partial charge in [-0.1, -0.05) is 48.6 Å². The van der Waals surface area contributed by atoms with Crippen LogP contribution in [0.1, 0.15) is 18.1 Å². The van der Waals surface area contributed by atoms with Crippen molar-refractivity contribution in [3.05, 3.63) is 84.0 Å². The van der Waals surface area contributed by atoms with E-state index in [1.807, 2.05) is 60.7 Å². The second-order valence-electron chi connectivity index (χ2n) is 5.97. The molecule has 2 heterocycles. The van der Waals surface area contributed by atoms with Crippen molar-refractivity contribution in [2.45, 2.75) is 17.9 Å². The molecule has 0 radical (unpaired) electrons. The highest BCUT2D eigenvalue weighted by Gasteiger charge is 2.55. The molecule has 0 saturated heterocycles. The maximum Gasteiger partial charge on any atom is 0.166 e. The lowest BCUT2D eigenvalue weighted by Gasteiger charge is -2.44. The summed E-state index contributed by atoms with van der Waals surface area (Å²) in [5.74, 6) is -0.305. The summed E-state index contributed by atoms with van der Waals surface area (Å²) in [5, 5.41) is 11.4. The molecule has 1 aliphatic rings. The molecule has 0 unspecified atom stereocenters. The summed E-state index contributed by atoms with van der Waals surface area (Å²) in [6.07, 6.45) is 7.04. The number of hydrogen-bond donors (Lipinski definition) is 1. The number of ketones is 1. The lowest BCUT2D eigenvalue weighted by Crippen LogP contribution is -2.55. The van der Waals surface area contributed by atoms with Gasteiger partial charge < -0.3 is 9.52 Å². The van der Waals surface area contributed by atoms with E-state index in [9.17, 15) is 9.90 Å². The van der Waals surface area contributed by atoms with Gasteiger partial charge in [0.1, 0.15) is 11.2 Å². The quantitative estimate of drug-likeness (QED) is 0.804. The minimum Gasteiger partial charge on any atom is -0.457 e. The Morgan fingerprint density at radius 1 is 1.04 bits per heavy atom. The fourth-order valence-electron chi connectivity index (χ4n) is 3.61. The third kappa shape index (κ3) is 1.71. The Kier molecular flexibility index (Phi) is 2.84. The number of allylic oxidation sites excluding steroid dienone is 2. The Bertz CT molecular complexity index is 919. The van der Waals surface area contributed by atoms with Crippen LogP contribution in [0.25, 0.3) is 11.2 Å². The van der Waals surface area contributed by atoms with E-state index >= 15 is 0 Å². The molecule has 4 rings (SSSR count). The van der Waals surface area contributed by atoms with E-state index in [4.69, 9.17) is 4.42 Å². The zero-order valence-electron chi connectivity index (χ0n) is 12.7. The van der Waals surface area contributed by atoms with Crippen molar-refractivity contribution in [2.75, 3.05) is 0 Å². The second kappa shape index (κ2) is 4.67. The van der Waals surface area contributed by atoms with Gasteiger partial charge in [0.15, 0.2) is 11.4 Å². The maximum atomic E-state index is 12.4. The van der Waals surface area contributed by atoms with Crippen LogP contribution >= 0.6 is 0 Å². The van der Waals surface area contributed by atoms with Gasteiger partial charge in [-0.05, 0) is 36.8 Å². The van der Waals surface area contributed by atoms with Gasteiger partial charge in [-0.25, -0.2) is 0 Å². The standard InChI is InChI=1S/C20H16O3/c1-14(21)20(22)12-6-5-11-19(20,15-7-3-2-4-8-15)17-13-16-9-10-18(17)23-16/h2-13,22H,1H3/t19-,20-/m0/s1. The summed E-state index contributed by atoms with van der Waals surface area (Å²) >= 11 is 0. The van der Waals surface area contributed by atoms with E-state index in [-0.39, 0.29) is 5.78 Å². The highest BCUT2D eigenvalue weighted by molar-refractivity contribution is 5.93. The second-order valence-corrected chi connectivity index (χ2v) is 5.97. The Morgan fingerprint density at radius 2 is 1.78 bits per heavy atom. The summed E-state index contributed by atoms with van der Waals surface area (Å²) in [7, 11) is 0. The van der Waals surface area contributed by atoms with Crippen LogP contribution in [-0.4, -0.2) is 16.5 Å². The average Bonchev–Trinajstić information content (AvgIpc) is 3.19. The van der Waals surface area contributed by atoms with Crippen molar-refractivity contribution >= 4 is 16.9 Å². The molecule has 3 aromatic rings.